The van der Waals surface area contributed by atoms with Crippen molar-refractivity contribution in [2.24, 2.45) is 0 Å². The maximum Gasteiger partial charge on any atom is 0.227 e. The molecule has 0 bridgehead atoms. The minimum absolute atomic E-state index is 0.163. The highest BCUT2D eigenvalue weighted by molar-refractivity contribution is 5.77. The Balaban J connectivity index is 1.36. The van der Waals surface area contributed by atoms with E-state index in [2.05, 4.69) is 36.1 Å². The molecule has 6 nitrogen and oxygen atoms in total. The second kappa shape index (κ2) is 7.80. The Morgan fingerprint density at radius 2 is 2.07 bits per heavy atom. The molecule has 1 amide bonds. The number of ether oxygens (including phenoxy) is 1. The number of fused-ring (bicyclic) bond motifs is 1. The first-order valence-electron chi connectivity index (χ1n) is 9.96. The monoisotopic (exact) mass is 369 g/mol. The van der Waals surface area contributed by atoms with Crippen molar-refractivity contribution in [1.29, 1.82) is 0 Å². The lowest BCUT2D eigenvalue weighted by molar-refractivity contribution is -0.144. The number of morpholine rings is 1. The highest BCUT2D eigenvalue weighted by atomic mass is 16.5. The summed E-state index contributed by atoms with van der Waals surface area (Å²) in [6, 6.07) is 8.47. The van der Waals surface area contributed by atoms with E-state index in [1.54, 1.807) is 0 Å². The van der Waals surface area contributed by atoms with Gasteiger partial charge in [0.1, 0.15) is 0 Å². The van der Waals surface area contributed by atoms with Crippen LogP contribution in [0.5, 0.6) is 0 Å². The van der Waals surface area contributed by atoms with Crippen LogP contribution < -0.4 is 0 Å². The molecule has 0 radical (unpaired) electrons. The molecule has 1 aromatic heterocycles. The molecule has 2 aromatic rings. The van der Waals surface area contributed by atoms with Crippen LogP contribution >= 0.6 is 0 Å². The van der Waals surface area contributed by atoms with Gasteiger partial charge < -0.3 is 14.2 Å². The summed E-state index contributed by atoms with van der Waals surface area (Å²) in [4.78, 5) is 19.1. The molecule has 1 aliphatic carbocycles. The summed E-state index contributed by atoms with van der Waals surface area (Å²) in [7, 11) is 0. The van der Waals surface area contributed by atoms with E-state index in [9.17, 15) is 4.79 Å². The number of aromatic nitrogens is 2. The van der Waals surface area contributed by atoms with Gasteiger partial charge in [-0.15, -0.1) is 0 Å². The summed E-state index contributed by atoms with van der Waals surface area (Å²) in [6.45, 7) is 5.67. The highest BCUT2D eigenvalue weighted by Gasteiger charge is 2.38. The number of carbonyl (C=O) groups excluding carboxylic acids is 1. The van der Waals surface area contributed by atoms with Crippen LogP contribution in [0.4, 0.5) is 0 Å². The molecule has 1 saturated carbocycles. The minimum atomic E-state index is 0.163. The summed E-state index contributed by atoms with van der Waals surface area (Å²) in [5.41, 5.74) is 2.21. The molecule has 2 heterocycles. The quantitative estimate of drug-likeness (QED) is 0.806. The van der Waals surface area contributed by atoms with Gasteiger partial charge in [0, 0.05) is 24.9 Å². The van der Waals surface area contributed by atoms with E-state index < -0.39 is 0 Å². The maximum absolute atomic E-state index is 12.7. The predicted octanol–water partition coefficient (Wildman–Crippen LogP) is 3.57. The maximum atomic E-state index is 12.7. The van der Waals surface area contributed by atoms with Crippen LogP contribution in [-0.2, 0) is 16.0 Å². The second-order valence-electron chi connectivity index (χ2n) is 7.78. The average molecular weight is 369 g/mol. The molecule has 27 heavy (non-hydrogen) atoms. The van der Waals surface area contributed by atoms with Crippen molar-refractivity contribution >= 4 is 5.91 Å². The summed E-state index contributed by atoms with van der Waals surface area (Å²) >= 11 is 0. The van der Waals surface area contributed by atoms with E-state index in [1.165, 1.54) is 5.56 Å². The number of aryl methyl sites for hydroxylation is 1. The standard InChI is InChI=1S/C21H27N3O3/c1-14(2)15-6-8-16(9-7-15)21-22-19(27-23-21)10-11-20(25)24-12-13-26-18-5-3-4-17(18)24/h6-9,14,17-18H,3-5,10-13H2,1-2H3/t17-,18+/m1/s1. The third-order valence-corrected chi connectivity index (χ3v) is 5.66. The predicted molar refractivity (Wildman–Crippen MR) is 101 cm³/mol. The van der Waals surface area contributed by atoms with E-state index in [0.29, 0.717) is 43.6 Å². The lowest BCUT2D eigenvalue weighted by Gasteiger charge is -2.37. The van der Waals surface area contributed by atoms with Gasteiger partial charge in [-0.1, -0.05) is 43.3 Å². The Morgan fingerprint density at radius 1 is 1.26 bits per heavy atom. The summed E-state index contributed by atoms with van der Waals surface area (Å²) in [5.74, 6) is 1.75. The van der Waals surface area contributed by atoms with Crippen molar-refractivity contribution < 1.29 is 14.1 Å². The van der Waals surface area contributed by atoms with Gasteiger partial charge in [-0.3, -0.25) is 4.79 Å². The summed E-state index contributed by atoms with van der Waals surface area (Å²) in [5, 5.41) is 4.07. The number of carbonyl (C=O) groups is 1. The number of hydrogen-bond donors (Lipinski definition) is 0. The topological polar surface area (TPSA) is 68.5 Å². The Hall–Kier alpha value is -2.21. The zero-order valence-electron chi connectivity index (χ0n) is 16.1. The molecule has 6 heteroatoms. The smallest absolute Gasteiger partial charge is 0.227 e. The van der Waals surface area contributed by atoms with E-state index in [-0.39, 0.29) is 18.1 Å². The van der Waals surface area contributed by atoms with Gasteiger partial charge in [0.2, 0.25) is 17.6 Å². The molecule has 144 valence electrons. The Labute approximate surface area is 159 Å². The lowest BCUT2D eigenvalue weighted by atomic mass is 10.0. The molecule has 2 fully saturated rings. The molecule has 0 spiro atoms. The van der Waals surface area contributed by atoms with E-state index in [4.69, 9.17) is 9.26 Å². The molecular formula is C21H27N3O3. The second-order valence-corrected chi connectivity index (χ2v) is 7.78. The van der Waals surface area contributed by atoms with Crippen molar-refractivity contribution in [3.8, 4) is 11.4 Å². The van der Waals surface area contributed by atoms with E-state index in [1.807, 2.05) is 17.0 Å². The van der Waals surface area contributed by atoms with Crippen molar-refractivity contribution in [2.75, 3.05) is 13.2 Å². The van der Waals surface area contributed by atoms with Gasteiger partial charge in [0.05, 0.1) is 18.8 Å². The number of benzene rings is 1. The van der Waals surface area contributed by atoms with Crippen molar-refractivity contribution in [2.45, 2.75) is 64.0 Å². The van der Waals surface area contributed by atoms with E-state index >= 15 is 0 Å². The average Bonchev–Trinajstić information content (AvgIpc) is 3.35. The minimum Gasteiger partial charge on any atom is -0.374 e. The zero-order chi connectivity index (χ0) is 18.8. The van der Waals surface area contributed by atoms with Gasteiger partial charge in [-0.25, -0.2) is 0 Å². The summed E-state index contributed by atoms with van der Waals surface area (Å²) < 4.78 is 11.2. The molecule has 1 aliphatic heterocycles. The van der Waals surface area contributed by atoms with Crippen LogP contribution in [0.25, 0.3) is 11.4 Å². The van der Waals surface area contributed by atoms with Crippen molar-refractivity contribution in [3.05, 3.63) is 35.7 Å². The molecule has 1 aromatic carbocycles. The number of nitrogens with zero attached hydrogens (tertiary/aromatic N) is 3. The van der Waals surface area contributed by atoms with E-state index in [0.717, 1.165) is 24.8 Å². The zero-order valence-corrected chi connectivity index (χ0v) is 16.1. The van der Waals surface area contributed by atoms with Crippen LogP contribution in [0.15, 0.2) is 28.8 Å². The lowest BCUT2D eigenvalue weighted by Crippen LogP contribution is -2.51. The molecule has 2 atom stereocenters. The molecule has 0 unspecified atom stereocenters. The van der Waals surface area contributed by atoms with Gasteiger partial charge >= 0.3 is 0 Å². The highest BCUT2D eigenvalue weighted by Crippen LogP contribution is 2.30. The fourth-order valence-electron chi connectivity index (χ4n) is 4.08. The van der Waals surface area contributed by atoms with Gasteiger partial charge in [0.15, 0.2) is 0 Å². The molecular weight excluding hydrogens is 342 g/mol. The SMILES string of the molecule is CC(C)c1ccc(-c2noc(CCC(=O)N3CCO[C@H]4CCC[C@H]43)n2)cc1. The number of hydrogen-bond acceptors (Lipinski definition) is 5. The molecule has 1 saturated heterocycles. The summed E-state index contributed by atoms with van der Waals surface area (Å²) in [6.07, 6.45) is 4.36. The normalized spacial score (nSPS) is 22.3. The Bertz CT molecular complexity index is 784. The fourth-order valence-corrected chi connectivity index (χ4v) is 4.08. The van der Waals surface area contributed by atoms with Crippen LogP contribution in [0, 0.1) is 0 Å². The molecule has 4 rings (SSSR count). The first-order valence-corrected chi connectivity index (χ1v) is 9.96. The third-order valence-electron chi connectivity index (χ3n) is 5.66. The fraction of sp³-hybridized carbons (Fsp3) is 0.571. The number of amides is 1. The Morgan fingerprint density at radius 3 is 2.85 bits per heavy atom. The van der Waals surface area contributed by atoms with Crippen LogP contribution in [0.2, 0.25) is 0 Å². The van der Waals surface area contributed by atoms with Crippen LogP contribution in [0.1, 0.15) is 56.9 Å². The number of rotatable bonds is 5. The first kappa shape index (κ1) is 18.2. The van der Waals surface area contributed by atoms with Crippen molar-refractivity contribution in [1.82, 2.24) is 15.0 Å². The van der Waals surface area contributed by atoms with Crippen LogP contribution in [-0.4, -0.2) is 46.2 Å². The van der Waals surface area contributed by atoms with Crippen LogP contribution in [0.3, 0.4) is 0 Å². The van der Waals surface area contributed by atoms with Gasteiger partial charge in [0.25, 0.3) is 0 Å². The van der Waals surface area contributed by atoms with Crippen molar-refractivity contribution in [3.63, 3.8) is 0 Å². The van der Waals surface area contributed by atoms with Gasteiger partial charge in [-0.2, -0.15) is 4.98 Å². The third kappa shape index (κ3) is 3.90. The molecule has 0 N–H and O–H groups in total. The first-order chi connectivity index (χ1) is 13.1. The van der Waals surface area contributed by atoms with Gasteiger partial charge in [-0.05, 0) is 30.7 Å². The largest absolute Gasteiger partial charge is 0.374 e. The Kier molecular flexibility index (Phi) is 5.25. The molecule has 2 aliphatic rings.